The third-order valence-electron chi connectivity index (χ3n) is 9.24. The minimum atomic E-state index is -0.517. The van der Waals surface area contributed by atoms with Gasteiger partial charge in [0.15, 0.2) is 0 Å². The molecule has 3 amide bonds. The van der Waals surface area contributed by atoms with E-state index in [1.165, 1.54) is 0 Å². The molecule has 5 rings (SSSR count). The van der Waals surface area contributed by atoms with Gasteiger partial charge in [0.05, 0.1) is 11.1 Å². The van der Waals surface area contributed by atoms with E-state index in [9.17, 15) is 14.4 Å². The minimum Gasteiger partial charge on any atom is -0.356 e. The Morgan fingerprint density at radius 2 is 1.07 bits per heavy atom. The lowest BCUT2D eigenvalue weighted by Gasteiger charge is -2.38. The van der Waals surface area contributed by atoms with Gasteiger partial charge >= 0.3 is 0 Å². The first-order valence-electron chi connectivity index (χ1n) is 16.5. The van der Waals surface area contributed by atoms with E-state index in [2.05, 4.69) is 59.7 Å². The number of amides is 3. The third-order valence-corrected chi connectivity index (χ3v) is 9.24. The van der Waals surface area contributed by atoms with Crippen LogP contribution in [0, 0.1) is 29.6 Å². The number of carbonyl (C=O) groups is 3. The Bertz CT molecular complexity index is 920. The first-order valence-corrected chi connectivity index (χ1v) is 16.5. The summed E-state index contributed by atoms with van der Waals surface area (Å²) in [4.78, 5) is 37.8. The van der Waals surface area contributed by atoms with Gasteiger partial charge in [-0.1, -0.05) is 0 Å². The van der Waals surface area contributed by atoms with Crippen molar-refractivity contribution < 1.29 is 14.4 Å². The van der Waals surface area contributed by atoms with E-state index in [4.69, 9.17) is 0 Å². The minimum absolute atomic E-state index is 0.0318. The van der Waals surface area contributed by atoms with Gasteiger partial charge in [-0.25, -0.2) is 0 Å². The molecule has 5 aliphatic rings. The lowest BCUT2D eigenvalue weighted by molar-refractivity contribution is -0.124. The van der Waals surface area contributed by atoms with Gasteiger partial charge in [0.1, 0.15) is 0 Å². The SMILES string of the molecule is CC(=O)NC12CNCCNCC(NC(=O)CCCC(=O)NC[C@H]3[C@@H]4CCC#CCC[C@@H]43)(CNCCNC1)CNCCNC2. The Morgan fingerprint density at radius 1 is 0.651 bits per heavy atom. The Kier molecular flexibility index (Phi) is 13.5. The molecule has 0 aromatic rings. The van der Waals surface area contributed by atoms with Crippen molar-refractivity contribution in [3.63, 3.8) is 0 Å². The van der Waals surface area contributed by atoms with Crippen molar-refractivity contribution in [3.05, 3.63) is 0 Å². The molecule has 2 bridgehead atoms. The Labute approximate surface area is 257 Å². The number of carbonyl (C=O) groups excluding carboxylic acids is 3. The number of nitrogens with one attached hydrogen (secondary N) is 9. The van der Waals surface area contributed by atoms with E-state index in [1.54, 1.807) is 6.92 Å². The predicted octanol–water partition coefficient (Wildman–Crippen LogP) is -1.99. The molecule has 0 unspecified atom stereocenters. The van der Waals surface area contributed by atoms with E-state index in [-0.39, 0.29) is 17.7 Å². The molecule has 0 radical (unpaired) electrons. The third kappa shape index (κ3) is 11.3. The first kappa shape index (κ1) is 33.6. The van der Waals surface area contributed by atoms with Crippen molar-refractivity contribution in [1.82, 2.24) is 47.9 Å². The average Bonchev–Trinajstić information content (AvgIpc) is 3.61. The summed E-state index contributed by atoms with van der Waals surface area (Å²) in [6.45, 7) is 10.4. The van der Waals surface area contributed by atoms with Crippen LogP contribution in [0.3, 0.4) is 0 Å². The Balaban J connectivity index is 1.25. The van der Waals surface area contributed by atoms with Crippen LogP contribution in [0.4, 0.5) is 0 Å². The van der Waals surface area contributed by atoms with E-state index in [0.29, 0.717) is 64.4 Å². The molecule has 0 aromatic heterocycles. The van der Waals surface area contributed by atoms with E-state index < -0.39 is 11.1 Å². The monoisotopic (exact) mass is 601 g/mol. The second-order valence-corrected chi connectivity index (χ2v) is 12.9. The summed E-state index contributed by atoms with van der Waals surface area (Å²) < 4.78 is 0. The number of hydrogen-bond donors (Lipinski definition) is 9. The molecule has 3 aliphatic heterocycles. The zero-order valence-electron chi connectivity index (χ0n) is 26.1. The summed E-state index contributed by atoms with van der Waals surface area (Å²) in [6, 6.07) is 0. The smallest absolute Gasteiger partial charge is 0.220 e. The van der Waals surface area contributed by atoms with Crippen molar-refractivity contribution >= 4 is 17.7 Å². The number of fused-ring (bicyclic) bond motifs is 16. The van der Waals surface area contributed by atoms with Crippen molar-refractivity contribution in [2.45, 2.75) is 62.9 Å². The maximum atomic E-state index is 13.2. The van der Waals surface area contributed by atoms with Crippen LogP contribution in [0.1, 0.15) is 51.9 Å². The fourth-order valence-corrected chi connectivity index (χ4v) is 6.94. The van der Waals surface area contributed by atoms with Gasteiger partial charge in [-0.05, 0) is 37.0 Å². The van der Waals surface area contributed by atoms with E-state index in [1.807, 2.05) is 0 Å². The maximum absolute atomic E-state index is 13.2. The standard InChI is InChI=1S/C31H55N9O3/c1-24(41)39-30-18-32-11-14-35-21-31(22-36-15-12-33-19-30,23-37-16-13-34-20-30)40-29(43)10-6-9-28(42)38-17-27-25-7-4-2-3-5-8-26(25)27/h25-27,32-37H,4-23H2,1H3,(H,38,42)(H,39,41)(H,40,43)/t25-,26+,27+,30?,31?. The van der Waals surface area contributed by atoms with E-state index >= 15 is 0 Å². The molecule has 4 fully saturated rings. The highest BCUT2D eigenvalue weighted by Gasteiger charge is 2.48. The average molecular weight is 602 g/mol. The van der Waals surface area contributed by atoms with Crippen LogP contribution in [-0.4, -0.2) is 114 Å². The molecule has 1 saturated carbocycles. The summed E-state index contributed by atoms with van der Waals surface area (Å²) in [5, 5.41) is 30.8. The van der Waals surface area contributed by atoms with E-state index in [0.717, 1.165) is 83.3 Å². The van der Waals surface area contributed by atoms with Crippen LogP contribution in [0.25, 0.3) is 0 Å². The number of rotatable bonds is 8. The molecule has 9 N–H and O–H groups in total. The lowest BCUT2D eigenvalue weighted by atomic mass is 9.97. The summed E-state index contributed by atoms with van der Waals surface area (Å²) >= 11 is 0. The summed E-state index contributed by atoms with van der Waals surface area (Å²) in [7, 11) is 0. The summed E-state index contributed by atoms with van der Waals surface area (Å²) in [5.41, 5.74) is -0.948. The second-order valence-electron chi connectivity index (χ2n) is 12.9. The molecular weight excluding hydrogens is 546 g/mol. The molecule has 0 spiro atoms. The Hall–Kier alpha value is -2.27. The number of hydrogen-bond acceptors (Lipinski definition) is 9. The highest BCUT2D eigenvalue weighted by Crippen LogP contribution is 2.51. The van der Waals surface area contributed by atoms with Crippen molar-refractivity contribution in [2.24, 2.45) is 17.8 Å². The van der Waals surface area contributed by atoms with Crippen LogP contribution in [-0.2, 0) is 14.4 Å². The molecule has 12 nitrogen and oxygen atoms in total. The van der Waals surface area contributed by atoms with Crippen LogP contribution in [0.2, 0.25) is 0 Å². The highest BCUT2D eigenvalue weighted by molar-refractivity contribution is 5.79. The van der Waals surface area contributed by atoms with Crippen LogP contribution < -0.4 is 47.9 Å². The first-order chi connectivity index (χ1) is 20.9. The quantitative estimate of drug-likeness (QED) is 0.144. The van der Waals surface area contributed by atoms with Gasteiger partial charge in [-0.15, -0.1) is 11.8 Å². The van der Waals surface area contributed by atoms with Crippen LogP contribution in [0.5, 0.6) is 0 Å². The topological polar surface area (TPSA) is 159 Å². The fraction of sp³-hybridized carbons (Fsp3) is 0.839. The van der Waals surface area contributed by atoms with Gasteiger partial charge in [0, 0.05) is 118 Å². The zero-order valence-corrected chi connectivity index (χ0v) is 26.1. The van der Waals surface area contributed by atoms with Crippen molar-refractivity contribution in [3.8, 4) is 11.8 Å². The molecule has 43 heavy (non-hydrogen) atoms. The zero-order chi connectivity index (χ0) is 30.4. The molecule has 2 aliphatic carbocycles. The predicted molar refractivity (Wildman–Crippen MR) is 168 cm³/mol. The van der Waals surface area contributed by atoms with Crippen LogP contribution in [0.15, 0.2) is 0 Å². The van der Waals surface area contributed by atoms with Crippen LogP contribution >= 0.6 is 0 Å². The van der Waals surface area contributed by atoms with Gasteiger partial charge in [0.2, 0.25) is 17.7 Å². The normalized spacial score (nSPS) is 32.3. The highest BCUT2D eigenvalue weighted by atomic mass is 16.2. The summed E-state index contributed by atoms with van der Waals surface area (Å²) in [5.74, 6) is 8.47. The fourth-order valence-electron chi connectivity index (χ4n) is 6.94. The van der Waals surface area contributed by atoms with Gasteiger partial charge < -0.3 is 47.9 Å². The second kappa shape index (κ2) is 17.3. The Morgan fingerprint density at radius 3 is 1.51 bits per heavy atom. The molecule has 3 atom stereocenters. The lowest BCUT2D eigenvalue weighted by Crippen LogP contribution is -2.68. The largest absolute Gasteiger partial charge is 0.356 e. The van der Waals surface area contributed by atoms with Crippen molar-refractivity contribution in [2.75, 3.05) is 85.1 Å². The van der Waals surface area contributed by atoms with Gasteiger partial charge in [-0.3, -0.25) is 14.4 Å². The molecule has 0 aromatic carbocycles. The molecule has 242 valence electrons. The molecule has 3 heterocycles. The van der Waals surface area contributed by atoms with Crippen molar-refractivity contribution in [1.29, 1.82) is 0 Å². The summed E-state index contributed by atoms with van der Waals surface area (Å²) in [6.07, 6.45) is 5.48. The van der Waals surface area contributed by atoms with Gasteiger partial charge in [-0.2, -0.15) is 0 Å². The molecule has 3 saturated heterocycles. The van der Waals surface area contributed by atoms with Gasteiger partial charge in [0.25, 0.3) is 0 Å². The molecule has 12 heteroatoms. The maximum Gasteiger partial charge on any atom is 0.220 e. The molecular formula is C31H55N9O3.